The molecule has 2 unspecified atom stereocenters. The molecule has 36 heavy (non-hydrogen) atoms. The van der Waals surface area contributed by atoms with Gasteiger partial charge in [0.25, 0.3) is 0 Å². The number of nitrogens with zero attached hydrogens (tertiary/aromatic N) is 3. The molecule has 2 saturated heterocycles. The fourth-order valence-electron chi connectivity index (χ4n) is 4.05. The first-order chi connectivity index (χ1) is 16.7. The first-order valence-corrected chi connectivity index (χ1v) is 20.6. The molecule has 2 aliphatic rings. The minimum atomic E-state index is -1.95. The summed E-state index contributed by atoms with van der Waals surface area (Å²) in [6, 6.07) is 3.34. The molecule has 12 heteroatoms. The summed E-state index contributed by atoms with van der Waals surface area (Å²) in [5.41, 5.74) is 1.36. The highest BCUT2D eigenvalue weighted by molar-refractivity contribution is 14.1. The second-order valence-electron chi connectivity index (χ2n) is 12.4. The lowest BCUT2D eigenvalue weighted by Gasteiger charge is -2.39. The molecule has 0 aromatic carbocycles. The van der Waals surface area contributed by atoms with Crippen molar-refractivity contribution in [3.63, 3.8) is 0 Å². The summed E-state index contributed by atoms with van der Waals surface area (Å²) in [7, 11) is -3.15. The SMILES string of the molecule is CC(C)(C)[Si](C)(C)O[C@@H]1COC2C1OC[C@H]2Oc1nc2cc(Cl)c(I)nc2n1COCC[Si](C)(C)C. The van der Waals surface area contributed by atoms with Gasteiger partial charge in [-0.1, -0.05) is 52.0 Å². The first kappa shape index (κ1) is 28.7. The van der Waals surface area contributed by atoms with Crippen molar-refractivity contribution in [2.45, 2.75) is 95.7 Å². The van der Waals surface area contributed by atoms with Gasteiger partial charge in [0.15, 0.2) is 20.1 Å². The third kappa shape index (κ3) is 6.29. The number of pyridine rings is 1. The number of halogens is 2. The lowest BCUT2D eigenvalue weighted by Crippen LogP contribution is -2.47. The second-order valence-corrected chi connectivity index (χ2v) is 24.2. The maximum atomic E-state index is 6.64. The average Bonchev–Trinajstić information content (AvgIpc) is 3.40. The van der Waals surface area contributed by atoms with Gasteiger partial charge in [-0.2, -0.15) is 4.98 Å². The number of fused-ring (bicyclic) bond motifs is 2. The summed E-state index contributed by atoms with van der Waals surface area (Å²) in [5.74, 6) is 0. The van der Waals surface area contributed by atoms with Gasteiger partial charge in [-0.3, -0.25) is 4.57 Å². The van der Waals surface area contributed by atoms with Gasteiger partial charge < -0.3 is 23.4 Å². The topological polar surface area (TPSA) is 76.9 Å². The molecular weight excluding hydrogens is 629 g/mol. The van der Waals surface area contributed by atoms with Crippen LogP contribution in [-0.4, -0.2) is 75.2 Å². The minimum absolute atomic E-state index is 0.0877. The van der Waals surface area contributed by atoms with Crippen LogP contribution < -0.4 is 4.74 Å². The lowest BCUT2D eigenvalue weighted by atomic mass is 10.1. The average molecular weight is 668 g/mol. The van der Waals surface area contributed by atoms with Crippen LogP contribution in [0.2, 0.25) is 48.8 Å². The summed E-state index contributed by atoms with van der Waals surface area (Å²) >= 11 is 8.46. The molecular formula is C24H39ClIN3O5Si2. The third-order valence-electron chi connectivity index (χ3n) is 7.28. The molecule has 2 aromatic heterocycles. The maximum Gasteiger partial charge on any atom is 0.301 e. The number of aromatic nitrogens is 3. The highest BCUT2D eigenvalue weighted by Gasteiger charge is 2.52. The van der Waals surface area contributed by atoms with E-state index in [1.807, 2.05) is 10.6 Å². The molecule has 0 amide bonds. The molecule has 0 bridgehead atoms. The van der Waals surface area contributed by atoms with E-state index in [1.54, 1.807) is 0 Å². The van der Waals surface area contributed by atoms with E-state index in [1.165, 1.54) is 0 Å². The maximum absolute atomic E-state index is 6.64. The van der Waals surface area contributed by atoms with Crippen LogP contribution in [0.15, 0.2) is 6.07 Å². The first-order valence-electron chi connectivity index (χ1n) is 12.5. The van der Waals surface area contributed by atoms with Gasteiger partial charge in [-0.05, 0) is 52.8 Å². The van der Waals surface area contributed by atoms with Crippen LogP contribution in [0.1, 0.15) is 20.8 Å². The van der Waals surface area contributed by atoms with E-state index in [9.17, 15) is 0 Å². The Bertz CT molecular complexity index is 1090. The molecule has 0 spiro atoms. The molecule has 4 heterocycles. The summed E-state index contributed by atoms with van der Waals surface area (Å²) in [6.45, 7) is 20.2. The number of hydrogen-bond acceptors (Lipinski definition) is 7. The van der Waals surface area contributed by atoms with Crippen molar-refractivity contribution >= 4 is 61.7 Å². The smallest absolute Gasteiger partial charge is 0.301 e. The fraction of sp³-hybridized carbons (Fsp3) is 0.750. The van der Waals surface area contributed by atoms with Crippen LogP contribution >= 0.6 is 34.2 Å². The van der Waals surface area contributed by atoms with Crippen molar-refractivity contribution in [2.24, 2.45) is 0 Å². The Hall–Kier alpha value is -0.286. The van der Waals surface area contributed by atoms with Crippen molar-refractivity contribution < 1.29 is 23.4 Å². The van der Waals surface area contributed by atoms with Gasteiger partial charge in [-0.15, -0.1) is 0 Å². The summed E-state index contributed by atoms with van der Waals surface area (Å²) in [5, 5.41) is 0.680. The van der Waals surface area contributed by atoms with Crippen LogP contribution in [0.5, 0.6) is 6.01 Å². The van der Waals surface area contributed by atoms with Gasteiger partial charge in [-0.25, -0.2) is 4.98 Å². The van der Waals surface area contributed by atoms with E-state index < -0.39 is 16.4 Å². The van der Waals surface area contributed by atoms with Crippen LogP contribution in [0.3, 0.4) is 0 Å². The van der Waals surface area contributed by atoms with Crippen molar-refractivity contribution in [3.8, 4) is 6.01 Å². The lowest BCUT2D eigenvalue weighted by molar-refractivity contribution is 0.00687. The molecule has 0 N–H and O–H groups in total. The quantitative estimate of drug-likeness (QED) is 0.142. The second kappa shape index (κ2) is 10.7. The Labute approximate surface area is 235 Å². The van der Waals surface area contributed by atoms with Crippen LogP contribution in [0.4, 0.5) is 0 Å². The van der Waals surface area contributed by atoms with Gasteiger partial charge in [0.05, 0.1) is 24.3 Å². The Morgan fingerprint density at radius 3 is 2.36 bits per heavy atom. The predicted octanol–water partition coefficient (Wildman–Crippen LogP) is 5.94. The monoisotopic (exact) mass is 667 g/mol. The Morgan fingerprint density at radius 1 is 1.08 bits per heavy atom. The number of hydrogen-bond donors (Lipinski definition) is 0. The third-order valence-corrected chi connectivity index (χ3v) is 14.9. The molecule has 4 rings (SSSR count). The van der Waals surface area contributed by atoms with Crippen LogP contribution in [0.25, 0.3) is 11.2 Å². The Morgan fingerprint density at radius 2 is 1.72 bits per heavy atom. The Balaban J connectivity index is 1.51. The molecule has 0 saturated carbocycles. The van der Waals surface area contributed by atoms with E-state index >= 15 is 0 Å². The standard InChI is InChI=1S/C24H39ClIN3O5Si2/c1-24(2,3)36(7,8)34-18-13-32-19-17(12-31-20(18)19)33-23-27-16-11-15(25)21(26)28-22(16)29(23)14-30-9-10-35(4,5)6/h11,17-20H,9-10,12-14H2,1-8H3/t17-,18-,19?,20?/m1/s1. The number of ether oxygens (including phenoxy) is 4. The molecule has 2 aliphatic heterocycles. The Kier molecular flexibility index (Phi) is 8.54. The van der Waals surface area contributed by atoms with E-state index in [2.05, 4.69) is 81.1 Å². The number of imidazole rings is 1. The van der Waals surface area contributed by atoms with E-state index in [0.29, 0.717) is 52.4 Å². The predicted molar refractivity (Wildman–Crippen MR) is 155 cm³/mol. The van der Waals surface area contributed by atoms with Crippen LogP contribution in [0, 0.1) is 3.70 Å². The fourth-order valence-corrected chi connectivity index (χ4v) is 6.64. The van der Waals surface area contributed by atoms with Gasteiger partial charge in [0.1, 0.15) is 28.2 Å². The normalized spacial score (nSPS) is 25.1. The van der Waals surface area contributed by atoms with Gasteiger partial charge in [0.2, 0.25) is 0 Å². The van der Waals surface area contributed by atoms with Crippen LogP contribution in [-0.2, 0) is 25.4 Å². The van der Waals surface area contributed by atoms with Crippen molar-refractivity contribution in [1.82, 2.24) is 14.5 Å². The van der Waals surface area contributed by atoms with E-state index in [4.69, 9.17) is 40.0 Å². The van der Waals surface area contributed by atoms with Gasteiger partial charge in [0, 0.05) is 14.7 Å². The van der Waals surface area contributed by atoms with Crippen molar-refractivity contribution in [2.75, 3.05) is 19.8 Å². The molecule has 0 radical (unpaired) electrons. The minimum Gasteiger partial charge on any atom is -0.456 e. The highest BCUT2D eigenvalue weighted by Crippen LogP contribution is 2.40. The zero-order chi connectivity index (χ0) is 26.5. The summed E-state index contributed by atoms with van der Waals surface area (Å²) < 4.78 is 34.0. The van der Waals surface area contributed by atoms with E-state index in [0.717, 1.165) is 6.04 Å². The zero-order valence-electron chi connectivity index (χ0n) is 22.6. The molecule has 8 nitrogen and oxygen atoms in total. The summed E-state index contributed by atoms with van der Waals surface area (Å²) in [4.78, 5) is 9.38. The molecule has 2 aromatic rings. The summed E-state index contributed by atoms with van der Waals surface area (Å²) in [6.07, 6.45) is -0.744. The highest BCUT2D eigenvalue weighted by atomic mass is 127. The van der Waals surface area contributed by atoms with E-state index in [-0.39, 0.29) is 29.5 Å². The van der Waals surface area contributed by atoms with Gasteiger partial charge >= 0.3 is 6.01 Å². The van der Waals surface area contributed by atoms with Crippen molar-refractivity contribution in [1.29, 1.82) is 0 Å². The largest absolute Gasteiger partial charge is 0.456 e. The molecule has 202 valence electrons. The van der Waals surface area contributed by atoms with Crippen molar-refractivity contribution in [3.05, 3.63) is 14.8 Å². The zero-order valence-corrected chi connectivity index (χ0v) is 27.5. The molecule has 2 fully saturated rings. The molecule has 0 aliphatic carbocycles. The molecule has 4 atom stereocenters. The number of rotatable bonds is 9.